The molecule has 2 fully saturated rings. The van der Waals surface area contributed by atoms with E-state index < -0.39 is 0 Å². The Morgan fingerprint density at radius 3 is 2.41 bits per heavy atom. The lowest BCUT2D eigenvalue weighted by atomic mass is 9.96. The van der Waals surface area contributed by atoms with Crippen LogP contribution in [-0.4, -0.2) is 53.0 Å². The molecule has 0 spiro atoms. The molecule has 2 heterocycles. The number of hydrogen-bond donors (Lipinski definition) is 2. The standard InChI is InChI=1S/C23H33N5O3S/c1-30-20-9-7-17(8-10-20)15-21-26-28(23(32)31-21)16-27-13-11-19(12-14-27)25-22(29)24-18-5-3-2-4-6-18/h7-10,18-19H,2-6,11-16H2,1H3,(H2,24,25,29). The van der Waals surface area contributed by atoms with E-state index in [9.17, 15) is 4.79 Å². The van der Waals surface area contributed by atoms with Crippen molar-refractivity contribution in [3.05, 3.63) is 40.6 Å². The minimum absolute atomic E-state index is 0.0164. The number of aromatic nitrogens is 2. The first-order chi connectivity index (χ1) is 15.6. The molecule has 0 atom stereocenters. The predicted molar refractivity (Wildman–Crippen MR) is 124 cm³/mol. The second kappa shape index (κ2) is 11.0. The summed E-state index contributed by atoms with van der Waals surface area (Å²) < 4.78 is 12.7. The van der Waals surface area contributed by atoms with Crippen molar-refractivity contribution in [3.63, 3.8) is 0 Å². The van der Waals surface area contributed by atoms with Gasteiger partial charge >= 0.3 is 6.03 Å². The number of methoxy groups -OCH3 is 1. The van der Waals surface area contributed by atoms with Gasteiger partial charge in [0.2, 0.25) is 5.89 Å². The molecule has 0 unspecified atom stereocenters. The van der Waals surface area contributed by atoms with E-state index in [1.54, 1.807) is 11.8 Å². The number of likely N-dealkylation sites (tertiary alicyclic amines) is 1. The van der Waals surface area contributed by atoms with Crippen molar-refractivity contribution < 1.29 is 13.9 Å². The van der Waals surface area contributed by atoms with Gasteiger partial charge in [0.05, 0.1) is 20.2 Å². The highest BCUT2D eigenvalue weighted by Gasteiger charge is 2.23. The Balaban J connectivity index is 1.22. The lowest BCUT2D eigenvalue weighted by Gasteiger charge is -2.32. The monoisotopic (exact) mass is 459 g/mol. The molecule has 32 heavy (non-hydrogen) atoms. The quantitative estimate of drug-likeness (QED) is 0.612. The van der Waals surface area contributed by atoms with E-state index in [-0.39, 0.29) is 12.1 Å². The number of ether oxygens (including phenoxy) is 1. The van der Waals surface area contributed by atoms with E-state index in [2.05, 4.69) is 20.6 Å². The third-order valence-electron chi connectivity index (χ3n) is 6.36. The summed E-state index contributed by atoms with van der Waals surface area (Å²) in [6.45, 7) is 2.37. The lowest BCUT2D eigenvalue weighted by Crippen LogP contribution is -2.50. The van der Waals surface area contributed by atoms with E-state index in [1.807, 2.05) is 24.3 Å². The van der Waals surface area contributed by atoms with Gasteiger partial charge in [-0.25, -0.2) is 9.48 Å². The molecule has 2 amide bonds. The Bertz CT molecular complexity index is 928. The van der Waals surface area contributed by atoms with Crippen LogP contribution in [0.2, 0.25) is 0 Å². The van der Waals surface area contributed by atoms with Crippen LogP contribution < -0.4 is 15.4 Å². The van der Waals surface area contributed by atoms with Gasteiger partial charge in [-0.3, -0.25) is 4.90 Å². The summed E-state index contributed by atoms with van der Waals surface area (Å²) in [6.07, 6.45) is 8.35. The summed E-state index contributed by atoms with van der Waals surface area (Å²) in [7, 11) is 1.65. The molecule has 2 aliphatic rings. The van der Waals surface area contributed by atoms with Crippen molar-refractivity contribution in [3.8, 4) is 5.75 Å². The van der Waals surface area contributed by atoms with Gasteiger partial charge in [0.15, 0.2) is 0 Å². The van der Waals surface area contributed by atoms with Gasteiger partial charge in [-0.1, -0.05) is 31.4 Å². The summed E-state index contributed by atoms with van der Waals surface area (Å²) in [4.78, 5) is 15.0. The predicted octanol–water partition coefficient (Wildman–Crippen LogP) is 3.86. The van der Waals surface area contributed by atoms with Gasteiger partial charge < -0.3 is 19.8 Å². The van der Waals surface area contributed by atoms with Gasteiger partial charge in [0.25, 0.3) is 4.84 Å². The van der Waals surface area contributed by atoms with Crippen molar-refractivity contribution in [2.75, 3.05) is 20.2 Å². The summed E-state index contributed by atoms with van der Waals surface area (Å²) in [5, 5.41) is 10.9. The number of nitrogens with zero attached hydrogens (tertiary/aromatic N) is 3. The number of urea groups is 1. The summed E-state index contributed by atoms with van der Waals surface area (Å²) >= 11 is 5.38. The third kappa shape index (κ3) is 6.32. The maximum Gasteiger partial charge on any atom is 0.315 e. The van der Waals surface area contributed by atoms with Crippen LogP contribution in [0.1, 0.15) is 56.4 Å². The summed E-state index contributed by atoms with van der Waals surface area (Å²) in [5.74, 6) is 1.43. The van der Waals surface area contributed by atoms with Crippen LogP contribution >= 0.6 is 12.2 Å². The fourth-order valence-corrected chi connectivity index (χ4v) is 4.69. The number of rotatable bonds is 7. The van der Waals surface area contributed by atoms with E-state index in [0.29, 0.717) is 29.9 Å². The summed E-state index contributed by atoms with van der Waals surface area (Å²) in [6, 6.07) is 8.38. The zero-order valence-corrected chi connectivity index (χ0v) is 19.5. The molecule has 0 radical (unpaired) electrons. The molecule has 1 saturated heterocycles. The maximum absolute atomic E-state index is 12.3. The fourth-order valence-electron chi connectivity index (χ4n) is 4.50. The van der Waals surface area contributed by atoms with Gasteiger partial charge in [-0.2, -0.15) is 0 Å². The van der Waals surface area contributed by atoms with Crippen molar-refractivity contribution >= 4 is 18.2 Å². The smallest absolute Gasteiger partial charge is 0.315 e. The highest BCUT2D eigenvalue weighted by molar-refractivity contribution is 7.71. The number of piperidine rings is 1. The Morgan fingerprint density at radius 1 is 1.09 bits per heavy atom. The van der Waals surface area contributed by atoms with Crippen LogP contribution in [0.15, 0.2) is 28.7 Å². The topological polar surface area (TPSA) is 84.6 Å². The second-order valence-corrected chi connectivity index (χ2v) is 9.12. The van der Waals surface area contributed by atoms with E-state index in [1.165, 1.54) is 19.3 Å². The average Bonchev–Trinajstić information content (AvgIpc) is 3.14. The summed E-state index contributed by atoms with van der Waals surface area (Å²) in [5.41, 5.74) is 1.09. The molecule has 4 rings (SSSR count). The van der Waals surface area contributed by atoms with Crippen LogP contribution in [-0.2, 0) is 13.1 Å². The number of amides is 2. The van der Waals surface area contributed by atoms with Gasteiger partial charge in [-0.15, -0.1) is 5.10 Å². The molecule has 1 aliphatic heterocycles. The van der Waals surface area contributed by atoms with E-state index >= 15 is 0 Å². The first-order valence-corrected chi connectivity index (χ1v) is 12.0. The van der Waals surface area contributed by atoms with E-state index in [0.717, 1.165) is 50.1 Å². The van der Waals surface area contributed by atoms with Crippen LogP contribution in [0.25, 0.3) is 0 Å². The van der Waals surface area contributed by atoms with Gasteiger partial charge in [0.1, 0.15) is 5.75 Å². The van der Waals surface area contributed by atoms with Crippen molar-refractivity contribution in [2.45, 2.75) is 70.1 Å². The number of hydrogen-bond acceptors (Lipinski definition) is 6. The average molecular weight is 460 g/mol. The minimum atomic E-state index is -0.0164. The first kappa shape index (κ1) is 22.8. The second-order valence-electron chi connectivity index (χ2n) is 8.77. The SMILES string of the molecule is COc1ccc(Cc2nn(CN3CCC(NC(=O)NC4CCCCC4)CC3)c(=S)o2)cc1. The third-order valence-corrected chi connectivity index (χ3v) is 6.65. The van der Waals surface area contributed by atoms with Gasteiger partial charge in [0, 0.05) is 25.2 Å². The highest BCUT2D eigenvalue weighted by atomic mass is 32.1. The van der Waals surface area contributed by atoms with Crippen LogP contribution in [0.5, 0.6) is 5.75 Å². The molecule has 0 bridgehead atoms. The Kier molecular flexibility index (Phi) is 7.81. The molecule has 1 aromatic carbocycles. The number of carbonyl (C=O) groups excluding carboxylic acids is 1. The van der Waals surface area contributed by atoms with Crippen molar-refractivity contribution in [2.24, 2.45) is 0 Å². The Morgan fingerprint density at radius 2 is 1.75 bits per heavy atom. The Hall–Kier alpha value is -2.39. The van der Waals surface area contributed by atoms with E-state index in [4.69, 9.17) is 21.4 Å². The first-order valence-electron chi connectivity index (χ1n) is 11.6. The molecule has 2 aromatic rings. The zero-order chi connectivity index (χ0) is 22.3. The minimum Gasteiger partial charge on any atom is -0.497 e. The van der Waals surface area contributed by atoms with Crippen LogP contribution in [0, 0.1) is 4.84 Å². The lowest BCUT2D eigenvalue weighted by molar-refractivity contribution is 0.149. The molecule has 8 nitrogen and oxygen atoms in total. The molecule has 1 aliphatic carbocycles. The maximum atomic E-state index is 12.3. The Labute approximate surface area is 194 Å². The van der Waals surface area contributed by atoms with Crippen LogP contribution in [0.3, 0.4) is 0 Å². The van der Waals surface area contributed by atoms with Gasteiger partial charge in [-0.05, 0) is 55.6 Å². The fraction of sp³-hybridized carbons (Fsp3) is 0.609. The largest absolute Gasteiger partial charge is 0.497 e. The molecular formula is C23H33N5O3S. The molecular weight excluding hydrogens is 426 g/mol. The molecule has 1 saturated carbocycles. The zero-order valence-electron chi connectivity index (χ0n) is 18.7. The number of carbonyl (C=O) groups is 1. The normalized spacial score (nSPS) is 18.4. The number of nitrogens with one attached hydrogen (secondary N) is 2. The highest BCUT2D eigenvalue weighted by Crippen LogP contribution is 2.18. The number of benzene rings is 1. The molecule has 2 N–H and O–H groups in total. The van der Waals surface area contributed by atoms with Crippen molar-refractivity contribution in [1.82, 2.24) is 25.3 Å². The molecule has 1 aromatic heterocycles. The van der Waals surface area contributed by atoms with Crippen LogP contribution in [0.4, 0.5) is 4.79 Å². The molecule has 9 heteroatoms. The van der Waals surface area contributed by atoms with Crippen molar-refractivity contribution in [1.29, 1.82) is 0 Å². The molecule has 174 valence electrons.